The molecule has 5 nitrogen and oxygen atoms in total. The summed E-state index contributed by atoms with van der Waals surface area (Å²) in [6.07, 6.45) is 3.49. The SMILES string of the molecule is CCn1cncc1CNc1ccc(F)cc1C(=O)OC. The predicted octanol–water partition coefficient (Wildman–Crippen LogP) is 2.44. The minimum absolute atomic E-state index is 0.176. The number of nitrogens with zero attached hydrogens (tertiary/aromatic N) is 2. The van der Waals surface area contributed by atoms with E-state index in [0.717, 1.165) is 18.3 Å². The molecule has 0 aliphatic carbocycles. The Balaban J connectivity index is 2.19. The molecule has 0 spiro atoms. The molecule has 0 saturated carbocycles. The lowest BCUT2D eigenvalue weighted by atomic mass is 10.1. The van der Waals surface area contributed by atoms with E-state index in [4.69, 9.17) is 0 Å². The summed E-state index contributed by atoms with van der Waals surface area (Å²) < 4.78 is 19.9. The van der Waals surface area contributed by atoms with Gasteiger partial charge in [0.25, 0.3) is 0 Å². The molecule has 2 aromatic rings. The van der Waals surface area contributed by atoms with Gasteiger partial charge in [0.05, 0.1) is 31.2 Å². The number of anilines is 1. The lowest BCUT2D eigenvalue weighted by molar-refractivity contribution is 0.0601. The van der Waals surface area contributed by atoms with Crippen LogP contribution in [0.15, 0.2) is 30.7 Å². The van der Waals surface area contributed by atoms with E-state index in [-0.39, 0.29) is 5.56 Å². The van der Waals surface area contributed by atoms with Crippen LogP contribution in [0.4, 0.5) is 10.1 Å². The topological polar surface area (TPSA) is 56.2 Å². The van der Waals surface area contributed by atoms with Crippen LogP contribution in [0.1, 0.15) is 23.0 Å². The van der Waals surface area contributed by atoms with Crippen LogP contribution in [0, 0.1) is 5.82 Å². The maximum Gasteiger partial charge on any atom is 0.340 e. The summed E-state index contributed by atoms with van der Waals surface area (Å²) in [6.45, 7) is 3.32. The average molecular weight is 277 g/mol. The van der Waals surface area contributed by atoms with Gasteiger partial charge in [-0.15, -0.1) is 0 Å². The third kappa shape index (κ3) is 2.96. The molecule has 0 bridgehead atoms. The van der Waals surface area contributed by atoms with Gasteiger partial charge in [0.2, 0.25) is 0 Å². The molecular formula is C14H16FN3O2. The van der Waals surface area contributed by atoms with Crippen molar-refractivity contribution in [2.24, 2.45) is 0 Å². The number of hydrogen-bond donors (Lipinski definition) is 1. The summed E-state index contributed by atoms with van der Waals surface area (Å²) >= 11 is 0. The van der Waals surface area contributed by atoms with E-state index in [1.54, 1.807) is 12.5 Å². The number of benzene rings is 1. The molecule has 106 valence electrons. The quantitative estimate of drug-likeness (QED) is 0.853. The predicted molar refractivity (Wildman–Crippen MR) is 73.0 cm³/mol. The van der Waals surface area contributed by atoms with Crippen LogP contribution in [-0.2, 0) is 17.8 Å². The zero-order valence-corrected chi connectivity index (χ0v) is 11.4. The van der Waals surface area contributed by atoms with Crippen LogP contribution in [0.25, 0.3) is 0 Å². The Labute approximate surface area is 116 Å². The van der Waals surface area contributed by atoms with Crippen LogP contribution in [0.2, 0.25) is 0 Å². The van der Waals surface area contributed by atoms with Crippen molar-refractivity contribution in [3.8, 4) is 0 Å². The van der Waals surface area contributed by atoms with Crippen LogP contribution < -0.4 is 5.32 Å². The van der Waals surface area contributed by atoms with Gasteiger partial charge in [-0.25, -0.2) is 14.2 Å². The van der Waals surface area contributed by atoms with Crippen LogP contribution >= 0.6 is 0 Å². The number of halogens is 1. The molecule has 0 saturated heterocycles. The van der Waals surface area contributed by atoms with Crippen molar-refractivity contribution in [1.82, 2.24) is 9.55 Å². The first-order valence-electron chi connectivity index (χ1n) is 6.26. The molecule has 20 heavy (non-hydrogen) atoms. The Morgan fingerprint density at radius 1 is 1.50 bits per heavy atom. The maximum atomic E-state index is 13.2. The number of imidazole rings is 1. The average Bonchev–Trinajstić information content (AvgIpc) is 2.92. The largest absolute Gasteiger partial charge is 0.465 e. The molecule has 0 fully saturated rings. The minimum atomic E-state index is -0.573. The number of aromatic nitrogens is 2. The van der Waals surface area contributed by atoms with Gasteiger partial charge in [-0.2, -0.15) is 0 Å². The van der Waals surface area contributed by atoms with Gasteiger partial charge >= 0.3 is 5.97 Å². The molecule has 0 unspecified atom stereocenters. The third-order valence-corrected chi connectivity index (χ3v) is 2.99. The fourth-order valence-corrected chi connectivity index (χ4v) is 1.92. The van der Waals surface area contributed by atoms with E-state index in [0.29, 0.717) is 12.2 Å². The van der Waals surface area contributed by atoms with Crippen molar-refractivity contribution in [2.45, 2.75) is 20.0 Å². The second-order valence-corrected chi connectivity index (χ2v) is 4.21. The van der Waals surface area contributed by atoms with E-state index < -0.39 is 11.8 Å². The first kappa shape index (κ1) is 14.0. The highest BCUT2D eigenvalue weighted by Gasteiger charge is 2.13. The van der Waals surface area contributed by atoms with Crippen molar-refractivity contribution in [3.05, 3.63) is 47.8 Å². The normalized spacial score (nSPS) is 10.3. The summed E-state index contributed by atoms with van der Waals surface area (Å²) in [7, 11) is 1.27. The van der Waals surface area contributed by atoms with Gasteiger partial charge in [0, 0.05) is 18.4 Å². The number of aryl methyl sites for hydroxylation is 1. The second-order valence-electron chi connectivity index (χ2n) is 4.21. The summed E-state index contributed by atoms with van der Waals surface area (Å²) in [4.78, 5) is 15.7. The van der Waals surface area contributed by atoms with Gasteiger partial charge < -0.3 is 14.6 Å². The van der Waals surface area contributed by atoms with E-state index in [9.17, 15) is 9.18 Å². The van der Waals surface area contributed by atoms with Crippen LogP contribution in [-0.4, -0.2) is 22.6 Å². The number of carbonyl (C=O) groups is 1. The molecule has 0 amide bonds. The van der Waals surface area contributed by atoms with Gasteiger partial charge in [-0.05, 0) is 25.1 Å². The zero-order valence-electron chi connectivity index (χ0n) is 11.4. The molecule has 0 atom stereocenters. The van der Waals surface area contributed by atoms with Gasteiger partial charge in [-0.3, -0.25) is 0 Å². The first-order valence-corrected chi connectivity index (χ1v) is 6.26. The Hall–Kier alpha value is -2.37. The molecular weight excluding hydrogens is 261 g/mol. The molecule has 6 heteroatoms. The molecule has 1 aromatic carbocycles. The summed E-state index contributed by atoms with van der Waals surface area (Å²) in [5.74, 6) is -1.05. The lowest BCUT2D eigenvalue weighted by Crippen LogP contribution is -2.11. The lowest BCUT2D eigenvalue weighted by Gasteiger charge is -2.11. The standard InChI is InChI=1S/C14H16FN3O2/c1-3-18-9-16-7-11(18)8-17-13-5-4-10(15)6-12(13)14(19)20-2/h4-7,9,17H,3,8H2,1-2H3. The van der Waals surface area contributed by atoms with Crippen molar-refractivity contribution < 1.29 is 13.9 Å². The Morgan fingerprint density at radius 2 is 2.30 bits per heavy atom. The number of ether oxygens (including phenoxy) is 1. The number of hydrogen-bond acceptors (Lipinski definition) is 4. The monoisotopic (exact) mass is 277 g/mol. The first-order chi connectivity index (χ1) is 9.65. The van der Waals surface area contributed by atoms with Crippen molar-refractivity contribution in [3.63, 3.8) is 0 Å². The van der Waals surface area contributed by atoms with E-state index >= 15 is 0 Å². The summed E-state index contributed by atoms with van der Waals surface area (Å²) in [5, 5.41) is 3.10. The highest BCUT2D eigenvalue weighted by molar-refractivity contribution is 5.95. The van der Waals surface area contributed by atoms with Crippen molar-refractivity contribution >= 4 is 11.7 Å². The van der Waals surface area contributed by atoms with Crippen LogP contribution in [0.3, 0.4) is 0 Å². The summed E-state index contributed by atoms with van der Waals surface area (Å²) in [6, 6.07) is 3.98. The number of nitrogens with one attached hydrogen (secondary N) is 1. The minimum Gasteiger partial charge on any atom is -0.465 e. The van der Waals surface area contributed by atoms with Crippen LogP contribution in [0.5, 0.6) is 0 Å². The molecule has 2 rings (SSSR count). The molecule has 1 aromatic heterocycles. The summed E-state index contributed by atoms with van der Waals surface area (Å²) in [5.41, 5.74) is 1.69. The van der Waals surface area contributed by atoms with E-state index in [1.807, 2.05) is 11.5 Å². The van der Waals surface area contributed by atoms with Crippen molar-refractivity contribution in [2.75, 3.05) is 12.4 Å². The Kier molecular flexibility index (Phi) is 4.34. The Morgan fingerprint density at radius 3 is 3.00 bits per heavy atom. The molecule has 1 N–H and O–H groups in total. The number of carbonyl (C=O) groups excluding carboxylic acids is 1. The number of methoxy groups -OCH3 is 1. The number of esters is 1. The third-order valence-electron chi connectivity index (χ3n) is 2.99. The highest BCUT2D eigenvalue weighted by Crippen LogP contribution is 2.19. The highest BCUT2D eigenvalue weighted by atomic mass is 19.1. The van der Waals surface area contributed by atoms with E-state index in [2.05, 4.69) is 15.0 Å². The molecule has 0 aliphatic rings. The molecule has 1 heterocycles. The second kappa shape index (κ2) is 6.18. The fourth-order valence-electron chi connectivity index (χ4n) is 1.92. The fraction of sp³-hybridized carbons (Fsp3) is 0.286. The Bertz CT molecular complexity index is 610. The van der Waals surface area contributed by atoms with Gasteiger partial charge in [0.1, 0.15) is 5.82 Å². The maximum absolute atomic E-state index is 13.2. The van der Waals surface area contributed by atoms with Gasteiger partial charge in [0.15, 0.2) is 0 Å². The number of rotatable bonds is 5. The van der Waals surface area contributed by atoms with E-state index in [1.165, 1.54) is 19.2 Å². The smallest absolute Gasteiger partial charge is 0.340 e. The molecule has 0 aliphatic heterocycles. The molecule has 0 radical (unpaired) electrons. The van der Waals surface area contributed by atoms with Crippen molar-refractivity contribution in [1.29, 1.82) is 0 Å². The zero-order chi connectivity index (χ0) is 14.5. The van der Waals surface area contributed by atoms with Gasteiger partial charge in [-0.1, -0.05) is 0 Å².